The average Bonchev–Trinajstić information content (AvgIpc) is 1.62. The number of para-hydroxylation sites is 1. The minimum atomic E-state index is -0.990. The van der Waals surface area contributed by atoms with E-state index in [2.05, 4.69) is 188 Å². The second-order valence-electron chi connectivity index (χ2n) is 28.4. The summed E-state index contributed by atoms with van der Waals surface area (Å²) in [6, 6.07) is 153. The summed E-state index contributed by atoms with van der Waals surface area (Å²) in [5.41, 5.74) is 13.8. The molecule has 14 aromatic heterocycles. The number of halogens is 2. The van der Waals surface area contributed by atoms with Crippen LogP contribution >= 0.6 is 45.3 Å². The quantitative estimate of drug-likeness (QED) is 0.128. The molecule has 0 amide bonds. The SMILES string of the molecule is Fc1c[c-]c(-c2ccccn2)c(F)c1.O=C(O)c1ccccn1.[Ir].[Ir].[Ir].[Ir].[Ir].[c-]1c(-c2ccccn2)sc2ccccc12.[c-]1c(-c2ccccn2)sc2ccccc12.[c-]1c(-c2nccc3ccccc23)sc2ccccc12.[c-]1ccccc1-c1ccccn1.[c-]1ccccc1-c1ccccn1.[c-]1ccccc1-c1ccccn1.[c-]1ccccc1-c1ccccn1.c1ccc(-c2nc3ccccc3s2)nc1. The molecular weight excluding hydrogens is 2710 g/mol. The number of nitrogens with zero attached hydrogens (tertiary/aromatic N) is 11. The van der Waals surface area contributed by atoms with Gasteiger partial charge in [0.1, 0.15) is 10.7 Å². The maximum absolute atomic E-state index is 13.2. The second-order valence-corrected chi connectivity index (χ2v) is 32.6. The van der Waals surface area contributed by atoms with E-state index in [-0.39, 0.29) is 112 Å². The standard InChI is InChI=1S/C17H10NS.2C13H8NS.C12H8N2S.C11H6F2N.4C11H8N.C6H5NO2.5Ir/c1-3-7-14-12(5-1)9-10-18-17(14)16-11-13-6-2-4-8-15(13)19-16;2*1-2-7-12-10(5-1)9-13(15-12)11-6-3-4-8-14-11;1-2-7-11-9(5-1)14-12(15-11)10-6-3-4-8-13-10;12-8-4-5-9(10(13)7-8)11-3-1-2-6-14-11;4*1-2-6-10(7-3-1)11-8-4-5-9-12-11;8-6(9)5-3-1-2-4-7-5;;;;;/h1-10H;3*1-8H;1-4,6-7H;4*1-6,8-9H;1-4H,(H,8,9);;;;;/q3*-1;;5*-1;;;;;;. The third kappa shape index (κ3) is 32.7. The van der Waals surface area contributed by atoms with Crippen LogP contribution < -0.4 is 0 Å². The largest absolute Gasteiger partial charge is 0.477 e. The third-order valence-electron chi connectivity index (χ3n) is 19.2. The Morgan fingerprint density at radius 1 is 0.279 bits per heavy atom. The Labute approximate surface area is 894 Å². The van der Waals surface area contributed by atoms with E-state index in [9.17, 15) is 13.6 Å². The first-order valence-corrected chi connectivity index (χ1v) is 45.5. The molecule has 24 heteroatoms. The van der Waals surface area contributed by atoms with Gasteiger partial charge in [-0.25, -0.2) is 48.8 Å². The zero-order chi connectivity index (χ0) is 92.5. The van der Waals surface area contributed by atoms with Crippen molar-refractivity contribution in [3.8, 4) is 98.7 Å². The van der Waals surface area contributed by atoms with E-state index in [1.54, 1.807) is 113 Å². The number of fused-ring (bicyclic) bond motifs is 5. The molecule has 0 bridgehead atoms. The third-order valence-corrected chi connectivity index (χ3v) is 23.5. The molecule has 24 aromatic rings. The van der Waals surface area contributed by atoms with Crippen LogP contribution in [0, 0.1) is 60.2 Å². The van der Waals surface area contributed by atoms with E-state index in [0.717, 1.165) is 110 Å². The molecule has 0 fully saturated rings. The normalized spacial score (nSPS) is 9.84. The van der Waals surface area contributed by atoms with Crippen molar-refractivity contribution in [3.05, 3.63) is 528 Å². The van der Waals surface area contributed by atoms with Gasteiger partial charge in [-0.05, 0) is 153 Å². The average molecular weight is 2780 g/mol. The fraction of sp³-hybridized carbons (Fsp3) is 0. The van der Waals surface area contributed by atoms with Crippen molar-refractivity contribution in [1.82, 2.24) is 54.8 Å². The topological polar surface area (TPSA) is 179 Å². The van der Waals surface area contributed by atoms with E-state index in [1.165, 1.54) is 52.6 Å². The fourth-order valence-corrected chi connectivity index (χ4v) is 16.7. The molecule has 0 saturated carbocycles. The number of rotatable bonds is 10. The number of carboxylic acid groups (broad SMARTS) is 1. The molecular formula is C116H77F2Ir5N11O2S4-8. The summed E-state index contributed by atoms with van der Waals surface area (Å²) in [5.74, 6) is -2.28. The van der Waals surface area contributed by atoms with Crippen LogP contribution in [0.5, 0.6) is 0 Å². The van der Waals surface area contributed by atoms with E-state index in [1.807, 2.05) is 286 Å². The van der Waals surface area contributed by atoms with Gasteiger partial charge in [0, 0.05) is 191 Å². The summed E-state index contributed by atoms with van der Waals surface area (Å²) in [6.45, 7) is 0. The van der Waals surface area contributed by atoms with Gasteiger partial charge in [0.2, 0.25) is 0 Å². The molecule has 0 unspecified atom stereocenters. The molecule has 0 aliphatic carbocycles. The number of thiophene rings is 3. The molecule has 140 heavy (non-hydrogen) atoms. The first kappa shape index (κ1) is 108. The molecule has 14 heterocycles. The minimum absolute atomic E-state index is 0. The molecule has 5 radical (unpaired) electrons. The van der Waals surface area contributed by atoms with Crippen LogP contribution in [0.15, 0.2) is 462 Å². The summed E-state index contributed by atoms with van der Waals surface area (Å²) in [7, 11) is 0. The molecule has 0 aliphatic heterocycles. The van der Waals surface area contributed by atoms with Gasteiger partial charge in [0.15, 0.2) is 0 Å². The monoisotopic (exact) mass is 2790 g/mol. The maximum atomic E-state index is 13.2. The molecule has 24 rings (SSSR count). The van der Waals surface area contributed by atoms with Gasteiger partial charge in [0.25, 0.3) is 0 Å². The number of carboxylic acids is 1. The van der Waals surface area contributed by atoms with Gasteiger partial charge < -0.3 is 45.0 Å². The van der Waals surface area contributed by atoms with Crippen LogP contribution in [-0.4, -0.2) is 65.9 Å². The van der Waals surface area contributed by atoms with Crippen LogP contribution in [0.25, 0.3) is 150 Å². The first-order valence-electron chi connectivity index (χ1n) is 42.3. The summed E-state index contributed by atoms with van der Waals surface area (Å²) < 4.78 is 30.8. The van der Waals surface area contributed by atoms with Gasteiger partial charge in [-0.15, -0.1) is 238 Å². The zero-order valence-corrected chi connectivity index (χ0v) is 89.0. The predicted octanol–water partition coefficient (Wildman–Crippen LogP) is 29.6. The maximum Gasteiger partial charge on any atom is 0.354 e. The molecule has 0 atom stereocenters. The number of thiazole rings is 1. The van der Waals surface area contributed by atoms with E-state index < -0.39 is 17.6 Å². The zero-order valence-electron chi connectivity index (χ0n) is 73.7. The molecule has 13 nitrogen and oxygen atoms in total. The van der Waals surface area contributed by atoms with Crippen molar-refractivity contribution in [2.45, 2.75) is 0 Å². The number of hydrogen-bond acceptors (Lipinski definition) is 16. The first-order chi connectivity index (χ1) is 66.7. The number of pyridine rings is 10. The van der Waals surface area contributed by atoms with Crippen molar-refractivity contribution in [3.63, 3.8) is 0 Å². The van der Waals surface area contributed by atoms with E-state index in [4.69, 9.17) is 5.11 Å². The summed E-state index contributed by atoms with van der Waals surface area (Å²) >= 11 is 6.89. The minimum Gasteiger partial charge on any atom is -0.477 e. The second kappa shape index (κ2) is 58.9. The van der Waals surface area contributed by atoms with Crippen molar-refractivity contribution in [1.29, 1.82) is 0 Å². The van der Waals surface area contributed by atoms with Gasteiger partial charge in [-0.3, -0.25) is 13.8 Å². The smallest absolute Gasteiger partial charge is 0.354 e. The van der Waals surface area contributed by atoms with Crippen molar-refractivity contribution in [2.75, 3.05) is 0 Å². The van der Waals surface area contributed by atoms with Crippen LogP contribution in [-0.2, 0) is 101 Å². The predicted molar refractivity (Wildman–Crippen MR) is 546 cm³/mol. The summed E-state index contributed by atoms with van der Waals surface area (Å²) in [6.07, 6.45) is 17.4. The van der Waals surface area contributed by atoms with Gasteiger partial charge in [-0.1, -0.05) is 181 Å². The number of aromatic carboxylic acids is 1. The molecule has 699 valence electrons. The Bertz CT molecular complexity index is 6820. The number of hydrogen-bond donors (Lipinski definition) is 1. The fourth-order valence-electron chi connectivity index (χ4n) is 12.8. The van der Waals surface area contributed by atoms with Gasteiger partial charge in [0.05, 0.1) is 15.9 Å². The van der Waals surface area contributed by atoms with E-state index in [0.29, 0.717) is 5.69 Å². The van der Waals surface area contributed by atoms with Crippen molar-refractivity contribution >= 4 is 103 Å². The Morgan fingerprint density at radius 2 is 0.607 bits per heavy atom. The van der Waals surface area contributed by atoms with E-state index >= 15 is 0 Å². The number of carbonyl (C=O) groups is 1. The van der Waals surface area contributed by atoms with Gasteiger partial charge >= 0.3 is 5.97 Å². The van der Waals surface area contributed by atoms with Crippen LogP contribution in [0.2, 0.25) is 0 Å². The van der Waals surface area contributed by atoms with Gasteiger partial charge in [-0.2, -0.15) is 0 Å². The molecule has 1 N–H and O–H groups in total. The number of benzene rings is 10. The Morgan fingerprint density at radius 3 is 0.957 bits per heavy atom. The summed E-state index contributed by atoms with van der Waals surface area (Å²) in [5, 5.41) is 15.2. The molecule has 0 saturated heterocycles. The Kier molecular flexibility index (Phi) is 45.6. The Balaban J connectivity index is 0.000000160. The van der Waals surface area contributed by atoms with Crippen molar-refractivity contribution in [2.24, 2.45) is 0 Å². The molecule has 0 aliphatic rings. The van der Waals surface area contributed by atoms with Crippen LogP contribution in [0.4, 0.5) is 8.78 Å². The van der Waals surface area contributed by atoms with Crippen LogP contribution in [0.3, 0.4) is 0 Å². The summed E-state index contributed by atoms with van der Waals surface area (Å²) in [4.78, 5) is 59.9. The van der Waals surface area contributed by atoms with Crippen LogP contribution in [0.1, 0.15) is 10.5 Å². The molecule has 10 aromatic carbocycles. The molecule has 0 spiro atoms. The number of aromatic nitrogens is 11. The Hall–Kier alpha value is -13.7. The van der Waals surface area contributed by atoms with Crippen molar-refractivity contribution < 1.29 is 119 Å².